The molecule has 0 aliphatic heterocycles. The largest absolute Gasteiger partial charge is 0.452 e. The lowest BCUT2D eigenvalue weighted by Crippen LogP contribution is -2.43. The quantitative estimate of drug-likeness (QED) is 0.465. The molecule has 0 unspecified atom stereocenters. The van der Waals surface area contributed by atoms with Crippen molar-refractivity contribution in [2.24, 2.45) is 7.05 Å². The minimum absolute atomic E-state index is 0.0948. The topological polar surface area (TPSA) is 64.4 Å². The predicted molar refractivity (Wildman–Crippen MR) is 117 cm³/mol. The summed E-state index contributed by atoms with van der Waals surface area (Å²) in [7, 11) is 1.71. The standard InChI is InChI=1S/C23H27ClFN3O3/c1-16-20(23(24)27(2)26-16)12-13-22(30)31-15-21(29)28(19-6-4-3-5-7-19)14-17-8-10-18(25)11-9-17/h8-13,19H,3-7,14-15H2,1-2H3/b13-12+. The number of benzene rings is 1. The van der Waals surface area contributed by atoms with E-state index in [9.17, 15) is 14.0 Å². The van der Waals surface area contributed by atoms with Crippen LogP contribution in [0.3, 0.4) is 0 Å². The number of aryl methyl sites for hydroxylation is 2. The summed E-state index contributed by atoms with van der Waals surface area (Å²) in [6.45, 7) is 1.81. The minimum Gasteiger partial charge on any atom is -0.452 e. The van der Waals surface area contributed by atoms with Crippen molar-refractivity contribution < 1.29 is 18.7 Å². The van der Waals surface area contributed by atoms with Gasteiger partial charge < -0.3 is 9.64 Å². The van der Waals surface area contributed by atoms with E-state index in [0.717, 1.165) is 37.7 Å². The third-order valence-corrected chi connectivity index (χ3v) is 5.97. The highest BCUT2D eigenvalue weighted by Crippen LogP contribution is 2.25. The van der Waals surface area contributed by atoms with Crippen molar-refractivity contribution in [3.8, 4) is 0 Å². The molecular weight excluding hydrogens is 421 g/mol. The molecule has 1 amide bonds. The predicted octanol–water partition coefficient (Wildman–Crippen LogP) is 4.44. The van der Waals surface area contributed by atoms with Crippen LogP contribution in [0.5, 0.6) is 0 Å². The average Bonchev–Trinajstić information content (AvgIpc) is 3.01. The fourth-order valence-corrected chi connectivity index (χ4v) is 4.09. The van der Waals surface area contributed by atoms with E-state index in [1.165, 1.54) is 29.0 Å². The highest BCUT2D eigenvalue weighted by Gasteiger charge is 2.26. The summed E-state index contributed by atoms with van der Waals surface area (Å²) < 4.78 is 19.9. The van der Waals surface area contributed by atoms with E-state index in [1.807, 2.05) is 0 Å². The highest BCUT2D eigenvalue weighted by atomic mass is 35.5. The fourth-order valence-electron chi connectivity index (χ4n) is 3.85. The maximum atomic E-state index is 13.2. The third-order valence-electron chi connectivity index (χ3n) is 5.52. The summed E-state index contributed by atoms with van der Waals surface area (Å²) in [4.78, 5) is 26.8. The van der Waals surface area contributed by atoms with Crippen molar-refractivity contribution in [3.05, 3.63) is 58.1 Å². The van der Waals surface area contributed by atoms with Gasteiger partial charge in [-0.15, -0.1) is 0 Å². The smallest absolute Gasteiger partial charge is 0.331 e. The number of nitrogens with zero attached hydrogens (tertiary/aromatic N) is 3. The molecule has 0 bridgehead atoms. The second-order valence-electron chi connectivity index (χ2n) is 7.79. The van der Waals surface area contributed by atoms with Gasteiger partial charge in [0.25, 0.3) is 5.91 Å². The first-order valence-electron chi connectivity index (χ1n) is 10.4. The second kappa shape index (κ2) is 10.6. The van der Waals surface area contributed by atoms with Gasteiger partial charge >= 0.3 is 5.97 Å². The van der Waals surface area contributed by atoms with Crippen LogP contribution in [-0.4, -0.2) is 39.2 Å². The molecule has 1 aliphatic carbocycles. The highest BCUT2D eigenvalue weighted by molar-refractivity contribution is 6.31. The van der Waals surface area contributed by atoms with E-state index < -0.39 is 5.97 Å². The Balaban J connectivity index is 1.63. The Hall–Kier alpha value is -2.67. The van der Waals surface area contributed by atoms with E-state index in [1.54, 1.807) is 31.0 Å². The molecule has 1 saturated carbocycles. The molecule has 0 radical (unpaired) electrons. The van der Waals surface area contributed by atoms with Crippen molar-refractivity contribution in [2.45, 2.75) is 51.6 Å². The molecule has 1 fully saturated rings. The third kappa shape index (κ3) is 6.17. The summed E-state index contributed by atoms with van der Waals surface area (Å²) in [5.41, 5.74) is 2.16. The van der Waals surface area contributed by atoms with Gasteiger partial charge in [0.15, 0.2) is 6.61 Å². The Bertz CT molecular complexity index is 950. The second-order valence-corrected chi connectivity index (χ2v) is 8.15. The molecule has 3 rings (SSSR count). The number of carbonyl (C=O) groups is 2. The molecule has 166 valence electrons. The number of amides is 1. The molecule has 31 heavy (non-hydrogen) atoms. The lowest BCUT2D eigenvalue weighted by atomic mass is 9.93. The van der Waals surface area contributed by atoms with Gasteiger partial charge in [-0.3, -0.25) is 9.48 Å². The van der Waals surface area contributed by atoms with Crippen LogP contribution in [0.15, 0.2) is 30.3 Å². The summed E-state index contributed by atoms with van der Waals surface area (Å²) in [6.07, 6.45) is 7.89. The first-order valence-corrected chi connectivity index (χ1v) is 10.8. The first-order chi connectivity index (χ1) is 14.8. The van der Waals surface area contributed by atoms with Gasteiger partial charge in [-0.2, -0.15) is 5.10 Å². The van der Waals surface area contributed by atoms with Gasteiger partial charge in [-0.05, 0) is 43.5 Å². The Labute approximate surface area is 186 Å². The van der Waals surface area contributed by atoms with E-state index in [-0.39, 0.29) is 24.4 Å². The van der Waals surface area contributed by atoms with Crippen molar-refractivity contribution in [2.75, 3.05) is 6.61 Å². The Morgan fingerprint density at radius 3 is 2.55 bits per heavy atom. The lowest BCUT2D eigenvalue weighted by molar-refractivity contribution is -0.150. The van der Waals surface area contributed by atoms with Crippen LogP contribution in [0, 0.1) is 12.7 Å². The zero-order valence-electron chi connectivity index (χ0n) is 17.8. The van der Waals surface area contributed by atoms with Crippen LogP contribution >= 0.6 is 11.6 Å². The molecule has 8 heteroatoms. The van der Waals surface area contributed by atoms with Gasteiger partial charge in [-0.1, -0.05) is 43.0 Å². The van der Waals surface area contributed by atoms with Crippen molar-refractivity contribution in [1.29, 1.82) is 0 Å². The molecule has 1 aromatic carbocycles. The molecule has 1 aromatic heterocycles. The number of esters is 1. The number of carbonyl (C=O) groups excluding carboxylic acids is 2. The van der Waals surface area contributed by atoms with Crippen molar-refractivity contribution in [3.63, 3.8) is 0 Å². The number of hydrogen-bond acceptors (Lipinski definition) is 4. The Morgan fingerprint density at radius 1 is 1.26 bits per heavy atom. The first kappa shape index (κ1) is 23.0. The van der Waals surface area contributed by atoms with Crippen LogP contribution in [-0.2, 0) is 27.9 Å². The zero-order valence-corrected chi connectivity index (χ0v) is 18.6. The van der Waals surface area contributed by atoms with Gasteiger partial charge in [0.1, 0.15) is 11.0 Å². The Kier molecular flexibility index (Phi) is 7.85. The number of hydrogen-bond donors (Lipinski definition) is 0. The van der Waals surface area contributed by atoms with E-state index >= 15 is 0 Å². The van der Waals surface area contributed by atoms with Crippen LogP contribution < -0.4 is 0 Å². The van der Waals surface area contributed by atoms with Crippen molar-refractivity contribution >= 4 is 29.6 Å². The molecule has 2 aromatic rings. The monoisotopic (exact) mass is 447 g/mol. The van der Waals surface area contributed by atoms with Gasteiger partial charge in [0.2, 0.25) is 0 Å². The average molecular weight is 448 g/mol. The molecule has 0 atom stereocenters. The fraction of sp³-hybridized carbons (Fsp3) is 0.435. The molecule has 0 spiro atoms. The lowest BCUT2D eigenvalue weighted by Gasteiger charge is -2.34. The molecule has 6 nitrogen and oxygen atoms in total. The van der Waals surface area contributed by atoms with Gasteiger partial charge in [0, 0.05) is 31.3 Å². The SMILES string of the molecule is Cc1nn(C)c(Cl)c1/C=C/C(=O)OCC(=O)N(Cc1ccc(F)cc1)C1CCCCC1. The maximum absolute atomic E-state index is 13.2. The van der Waals surface area contributed by atoms with Crippen LogP contribution in [0.4, 0.5) is 4.39 Å². The molecule has 0 N–H and O–H groups in total. The summed E-state index contributed by atoms with van der Waals surface area (Å²) in [6, 6.07) is 6.21. The van der Waals surface area contributed by atoms with E-state index in [2.05, 4.69) is 5.10 Å². The summed E-state index contributed by atoms with van der Waals surface area (Å²) in [5.74, 6) is -1.20. The number of rotatable bonds is 7. The maximum Gasteiger partial charge on any atom is 0.331 e. The van der Waals surface area contributed by atoms with Crippen molar-refractivity contribution in [1.82, 2.24) is 14.7 Å². The summed E-state index contributed by atoms with van der Waals surface area (Å²) in [5, 5.41) is 4.60. The van der Waals surface area contributed by atoms with Crippen LogP contribution in [0.25, 0.3) is 6.08 Å². The molecular formula is C23H27ClFN3O3. The molecule has 1 heterocycles. The van der Waals surface area contributed by atoms with E-state index in [4.69, 9.17) is 16.3 Å². The molecule has 1 aliphatic rings. The normalized spacial score (nSPS) is 14.7. The number of halogens is 2. The van der Waals surface area contributed by atoms with Crippen LogP contribution in [0.2, 0.25) is 5.15 Å². The van der Waals surface area contributed by atoms with Gasteiger partial charge in [-0.25, -0.2) is 9.18 Å². The Morgan fingerprint density at radius 2 is 1.94 bits per heavy atom. The zero-order chi connectivity index (χ0) is 22.4. The molecule has 0 saturated heterocycles. The minimum atomic E-state index is -0.627. The number of ether oxygens (including phenoxy) is 1. The number of aromatic nitrogens is 2. The van der Waals surface area contributed by atoms with Gasteiger partial charge in [0.05, 0.1) is 5.69 Å². The van der Waals surface area contributed by atoms with E-state index in [0.29, 0.717) is 23.0 Å². The van der Waals surface area contributed by atoms with Crippen LogP contribution in [0.1, 0.15) is 48.9 Å². The summed E-state index contributed by atoms with van der Waals surface area (Å²) >= 11 is 6.15.